The number of H-pyrrole nitrogens is 1. The SMILES string of the molecule is CCCc1n[nH]c(=S)n1-c1ccc(I)cc1Cl. The summed E-state index contributed by atoms with van der Waals surface area (Å²) in [5.74, 6) is 0.917. The molecule has 0 radical (unpaired) electrons. The first-order valence-electron chi connectivity index (χ1n) is 5.25. The standard InChI is InChI=1S/C11H11ClIN3S/c1-2-3-10-14-15-11(17)16(10)9-5-4-7(13)6-8(9)12/h4-6H,2-3H2,1H3,(H,15,17). The quantitative estimate of drug-likeness (QED) is 0.642. The fourth-order valence-electron chi connectivity index (χ4n) is 1.63. The Kier molecular flexibility index (Phi) is 4.22. The lowest BCUT2D eigenvalue weighted by atomic mass is 10.3. The van der Waals surface area contributed by atoms with Gasteiger partial charge >= 0.3 is 0 Å². The van der Waals surface area contributed by atoms with Gasteiger partial charge in [-0.05, 0) is 59.4 Å². The van der Waals surface area contributed by atoms with E-state index in [0.29, 0.717) is 9.79 Å². The lowest BCUT2D eigenvalue weighted by Gasteiger charge is -2.08. The van der Waals surface area contributed by atoms with Crippen molar-refractivity contribution >= 4 is 46.4 Å². The van der Waals surface area contributed by atoms with Gasteiger partial charge in [0.05, 0.1) is 10.7 Å². The summed E-state index contributed by atoms with van der Waals surface area (Å²) in [5.41, 5.74) is 0.884. The number of aromatic amines is 1. The largest absolute Gasteiger partial charge is 0.271 e. The molecule has 3 nitrogen and oxygen atoms in total. The van der Waals surface area contributed by atoms with Gasteiger partial charge in [0, 0.05) is 9.99 Å². The van der Waals surface area contributed by atoms with Crippen molar-refractivity contribution in [3.8, 4) is 5.69 Å². The molecule has 1 aromatic carbocycles. The Hall–Kier alpha value is -0.400. The Morgan fingerprint density at radius 2 is 2.29 bits per heavy atom. The minimum atomic E-state index is 0.580. The lowest BCUT2D eigenvalue weighted by Crippen LogP contribution is -2.02. The number of aromatic nitrogens is 3. The highest BCUT2D eigenvalue weighted by Crippen LogP contribution is 2.24. The molecule has 90 valence electrons. The molecular weight excluding hydrogens is 369 g/mol. The van der Waals surface area contributed by atoms with E-state index in [2.05, 4.69) is 39.7 Å². The van der Waals surface area contributed by atoms with Crippen LogP contribution in [-0.2, 0) is 6.42 Å². The van der Waals surface area contributed by atoms with Crippen molar-refractivity contribution in [1.29, 1.82) is 0 Å². The molecule has 2 aromatic rings. The number of rotatable bonds is 3. The van der Waals surface area contributed by atoms with Crippen LogP contribution in [0.3, 0.4) is 0 Å². The molecule has 0 fully saturated rings. The summed E-state index contributed by atoms with van der Waals surface area (Å²) in [4.78, 5) is 0. The topological polar surface area (TPSA) is 33.6 Å². The smallest absolute Gasteiger partial charge is 0.199 e. The van der Waals surface area contributed by atoms with Crippen LogP contribution in [0.4, 0.5) is 0 Å². The van der Waals surface area contributed by atoms with Crippen LogP contribution in [0, 0.1) is 8.34 Å². The van der Waals surface area contributed by atoms with Crippen molar-refractivity contribution in [2.45, 2.75) is 19.8 Å². The molecule has 0 amide bonds. The zero-order valence-electron chi connectivity index (χ0n) is 9.20. The van der Waals surface area contributed by atoms with Gasteiger partial charge in [0.15, 0.2) is 4.77 Å². The highest BCUT2D eigenvalue weighted by atomic mass is 127. The number of benzene rings is 1. The van der Waals surface area contributed by atoms with Crippen molar-refractivity contribution in [2.75, 3.05) is 0 Å². The zero-order chi connectivity index (χ0) is 12.4. The maximum absolute atomic E-state index is 6.25. The molecule has 1 aromatic heterocycles. The minimum absolute atomic E-state index is 0.580. The fraction of sp³-hybridized carbons (Fsp3) is 0.273. The summed E-state index contributed by atoms with van der Waals surface area (Å²) in [6.07, 6.45) is 1.89. The minimum Gasteiger partial charge on any atom is -0.271 e. The van der Waals surface area contributed by atoms with E-state index in [-0.39, 0.29) is 0 Å². The van der Waals surface area contributed by atoms with Crippen LogP contribution in [0.5, 0.6) is 0 Å². The van der Waals surface area contributed by atoms with Gasteiger partial charge in [-0.1, -0.05) is 18.5 Å². The van der Waals surface area contributed by atoms with Gasteiger partial charge in [0.25, 0.3) is 0 Å². The first kappa shape index (κ1) is 13.0. The first-order chi connectivity index (χ1) is 8.13. The molecule has 0 aliphatic carbocycles. The third-order valence-electron chi connectivity index (χ3n) is 2.37. The molecule has 17 heavy (non-hydrogen) atoms. The van der Waals surface area contributed by atoms with Crippen LogP contribution < -0.4 is 0 Å². The number of nitrogens with zero attached hydrogens (tertiary/aromatic N) is 2. The molecular formula is C11H11ClIN3S. The van der Waals surface area contributed by atoms with Gasteiger partial charge in [-0.25, -0.2) is 0 Å². The highest BCUT2D eigenvalue weighted by molar-refractivity contribution is 14.1. The Morgan fingerprint density at radius 1 is 1.53 bits per heavy atom. The second-order valence-corrected chi connectivity index (χ2v) is 5.67. The summed E-state index contributed by atoms with van der Waals surface area (Å²) in [6.45, 7) is 2.11. The maximum atomic E-state index is 6.25. The van der Waals surface area contributed by atoms with E-state index in [4.69, 9.17) is 23.8 Å². The molecule has 2 rings (SSSR count). The Morgan fingerprint density at radius 3 is 2.94 bits per heavy atom. The van der Waals surface area contributed by atoms with E-state index in [9.17, 15) is 0 Å². The van der Waals surface area contributed by atoms with E-state index in [1.807, 2.05) is 22.8 Å². The molecule has 6 heteroatoms. The molecule has 0 bridgehead atoms. The second-order valence-electron chi connectivity index (χ2n) is 3.63. The normalized spacial score (nSPS) is 10.8. The van der Waals surface area contributed by atoms with Gasteiger partial charge in [0.2, 0.25) is 0 Å². The van der Waals surface area contributed by atoms with Crippen LogP contribution >= 0.6 is 46.4 Å². The molecule has 1 N–H and O–H groups in total. The van der Waals surface area contributed by atoms with Crippen LogP contribution in [0.2, 0.25) is 5.02 Å². The predicted octanol–water partition coefficient (Wildman–Crippen LogP) is 4.14. The Labute approximate surface area is 123 Å². The fourth-order valence-corrected chi connectivity index (χ4v) is 2.82. The number of hydrogen-bond acceptors (Lipinski definition) is 2. The molecule has 0 aliphatic heterocycles. The second kappa shape index (κ2) is 5.49. The van der Waals surface area contributed by atoms with E-state index in [1.54, 1.807) is 0 Å². The summed E-state index contributed by atoms with van der Waals surface area (Å²) < 4.78 is 3.58. The van der Waals surface area contributed by atoms with E-state index in [1.165, 1.54) is 0 Å². The summed E-state index contributed by atoms with van der Waals surface area (Å²) in [5, 5.41) is 7.74. The number of halogens is 2. The predicted molar refractivity (Wildman–Crippen MR) is 80.5 cm³/mol. The maximum Gasteiger partial charge on any atom is 0.199 e. The molecule has 0 aliphatic rings. The van der Waals surface area contributed by atoms with Crippen LogP contribution in [0.25, 0.3) is 5.69 Å². The highest BCUT2D eigenvalue weighted by Gasteiger charge is 2.10. The number of aryl methyl sites for hydroxylation is 1. The molecule has 1 heterocycles. The molecule has 0 saturated heterocycles. The van der Waals surface area contributed by atoms with Crippen molar-refractivity contribution in [3.63, 3.8) is 0 Å². The molecule has 0 saturated carbocycles. The number of hydrogen-bond donors (Lipinski definition) is 1. The van der Waals surface area contributed by atoms with E-state index < -0.39 is 0 Å². The summed E-state index contributed by atoms with van der Waals surface area (Å²) in [6, 6.07) is 5.89. The third kappa shape index (κ3) is 2.71. The Bertz CT molecular complexity index is 591. The molecule has 0 spiro atoms. The van der Waals surface area contributed by atoms with Crippen molar-refractivity contribution in [2.24, 2.45) is 0 Å². The summed E-state index contributed by atoms with van der Waals surface area (Å²) >= 11 is 13.7. The lowest BCUT2D eigenvalue weighted by molar-refractivity contribution is 0.801. The first-order valence-corrected chi connectivity index (χ1v) is 7.11. The average molecular weight is 380 g/mol. The van der Waals surface area contributed by atoms with Crippen molar-refractivity contribution < 1.29 is 0 Å². The third-order valence-corrected chi connectivity index (χ3v) is 3.61. The average Bonchev–Trinajstić information content (AvgIpc) is 2.62. The molecule has 0 atom stereocenters. The summed E-state index contributed by atoms with van der Waals surface area (Å²) in [7, 11) is 0. The van der Waals surface area contributed by atoms with Crippen molar-refractivity contribution in [3.05, 3.63) is 37.4 Å². The van der Waals surface area contributed by atoms with Gasteiger partial charge in [-0.2, -0.15) is 5.10 Å². The van der Waals surface area contributed by atoms with Crippen molar-refractivity contribution in [1.82, 2.24) is 14.8 Å². The van der Waals surface area contributed by atoms with Gasteiger partial charge in [-0.15, -0.1) is 0 Å². The molecule has 0 unspecified atom stereocenters. The van der Waals surface area contributed by atoms with Crippen LogP contribution in [0.15, 0.2) is 18.2 Å². The van der Waals surface area contributed by atoms with E-state index in [0.717, 1.165) is 27.9 Å². The zero-order valence-corrected chi connectivity index (χ0v) is 12.9. The van der Waals surface area contributed by atoms with Gasteiger partial charge in [-0.3, -0.25) is 9.67 Å². The van der Waals surface area contributed by atoms with Crippen LogP contribution in [-0.4, -0.2) is 14.8 Å². The van der Waals surface area contributed by atoms with Gasteiger partial charge < -0.3 is 0 Å². The monoisotopic (exact) mass is 379 g/mol. The van der Waals surface area contributed by atoms with Gasteiger partial charge in [0.1, 0.15) is 5.82 Å². The van der Waals surface area contributed by atoms with E-state index >= 15 is 0 Å². The Balaban J connectivity index is 2.59. The number of nitrogens with one attached hydrogen (secondary N) is 1. The van der Waals surface area contributed by atoms with Crippen LogP contribution in [0.1, 0.15) is 19.2 Å².